The van der Waals surface area contributed by atoms with Gasteiger partial charge in [0.05, 0.1) is 0 Å². The molecule has 0 unspecified atom stereocenters. The summed E-state index contributed by atoms with van der Waals surface area (Å²) in [6.07, 6.45) is 5.45. The minimum absolute atomic E-state index is 0.121. The number of halogens is 1. The molecule has 6 nitrogen and oxygen atoms in total. The molecule has 1 aliphatic rings. The van der Waals surface area contributed by atoms with E-state index in [1.165, 1.54) is 27.8 Å². The lowest BCUT2D eigenvalue weighted by Gasteiger charge is -2.30. The van der Waals surface area contributed by atoms with Crippen LogP contribution in [0.25, 0.3) is 0 Å². The highest BCUT2D eigenvalue weighted by Gasteiger charge is 2.24. The normalized spacial score (nSPS) is 13.1. The first-order valence-corrected chi connectivity index (χ1v) is 12.4. The number of likely N-dealkylation sites (N-methyl/N-ethyl adjacent to an activating group) is 1. The third kappa shape index (κ3) is 7.49. The van der Waals surface area contributed by atoms with Gasteiger partial charge in [0.2, 0.25) is 5.91 Å². The number of fused-ring (bicyclic) bond motifs is 2. The highest BCUT2D eigenvalue weighted by molar-refractivity contribution is 6.30. The van der Waals surface area contributed by atoms with Gasteiger partial charge >= 0.3 is 6.09 Å². The van der Waals surface area contributed by atoms with Gasteiger partial charge in [-0.25, -0.2) is 4.79 Å². The van der Waals surface area contributed by atoms with Crippen LogP contribution < -0.4 is 4.90 Å². The number of nitrogens with zero attached hydrogens (tertiary/aromatic N) is 3. The molecule has 0 aliphatic carbocycles. The molecule has 0 atom stereocenters. The monoisotopic (exact) mass is 497 g/mol. The Bertz CT molecular complexity index is 1080. The van der Waals surface area contributed by atoms with E-state index in [0.29, 0.717) is 24.7 Å². The lowest BCUT2D eigenvalue weighted by atomic mass is 10.0. The summed E-state index contributed by atoms with van der Waals surface area (Å²) in [6, 6.07) is 14.5. The van der Waals surface area contributed by atoms with Crippen molar-refractivity contribution >= 4 is 35.0 Å². The van der Waals surface area contributed by atoms with E-state index in [2.05, 4.69) is 35.2 Å². The van der Waals surface area contributed by atoms with Crippen molar-refractivity contribution < 1.29 is 14.3 Å². The van der Waals surface area contributed by atoms with Crippen LogP contribution in [-0.4, -0.2) is 61.1 Å². The molecule has 188 valence electrons. The van der Waals surface area contributed by atoms with Gasteiger partial charge in [0.15, 0.2) is 0 Å². The molecule has 0 spiro atoms. The summed E-state index contributed by atoms with van der Waals surface area (Å²) >= 11 is 6.38. The first kappa shape index (κ1) is 26.6. The van der Waals surface area contributed by atoms with E-state index in [-0.39, 0.29) is 12.0 Å². The molecule has 3 rings (SSSR count). The smallest absolute Gasteiger partial charge is 0.410 e. The van der Waals surface area contributed by atoms with Crippen LogP contribution in [0.4, 0.5) is 16.2 Å². The molecule has 35 heavy (non-hydrogen) atoms. The lowest BCUT2D eigenvalue weighted by molar-refractivity contribution is -0.123. The number of rotatable bonds is 7. The van der Waals surface area contributed by atoms with E-state index >= 15 is 0 Å². The summed E-state index contributed by atoms with van der Waals surface area (Å²) in [6.45, 7) is 7.05. The number of para-hydroxylation sites is 1. The Hall–Kier alpha value is -2.99. The molecule has 2 aromatic carbocycles. The van der Waals surface area contributed by atoms with Gasteiger partial charge in [-0.15, -0.1) is 0 Å². The van der Waals surface area contributed by atoms with Gasteiger partial charge in [0.1, 0.15) is 5.60 Å². The molecule has 7 heteroatoms. The van der Waals surface area contributed by atoms with Gasteiger partial charge in [0, 0.05) is 56.2 Å². The predicted octanol–water partition coefficient (Wildman–Crippen LogP) is 5.85. The number of anilines is 2. The van der Waals surface area contributed by atoms with Crippen LogP contribution in [0.15, 0.2) is 54.6 Å². The zero-order valence-corrected chi connectivity index (χ0v) is 22.1. The van der Waals surface area contributed by atoms with E-state index in [0.717, 1.165) is 24.9 Å². The van der Waals surface area contributed by atoms with Gasteiger partial charge in [0.25, 0.3) is 0 Å². The van der Waals surface area contributed by atoms with Gasteiger partial charge < -0.3 is 19.4 Å². The topological polar surface area (TPSA) is 53.1 Å². The molecule has 0 N–H and O–H groups in total. The van der Waals surface area contributed by atoms with Crippen molar-refractivity contribution in [2.45, 2.75) is 45.6 Å². The maximum absolute atomic E-state index is 12.9. The SMILES string of the molecule is CN(C)C(=O)/C=C/CN(CCCN1c2ccccc2CCc2ccc(Cl)cc21)C(=O)OC(C)(C)C. The number of benzene rings is 2. The molecular formula is C28H36ClN3O3. The summed E-state index contributed by atoms with van der Waals surface area (Å²) in [5, 5.41) is 0.708. The second kappa shape index (κ2) is 11.6. The standard InChI is InChI=1S/C28H36ClN3O3/c1-28(2,3)35-27(34)31(17-8-12-26(33)30(4)5)18-9-19-32-24-11-7-6-10-21(24)13-14-22-15-16-23(29)20-25(22)32/h6-8,10-12,15-16,20H,9,13-14,17-19H2,1-5H3/b12-8+. The van der Waals surface area contributed by atoms with Crippen LogP contribution in [0.5, 0.6) is 0 Å². The first-order chi connectivity index (χ1) is 16.5. The van der Waals surface area contributed by atoms with Gasteiger partial charge in [-0.1, -0.05) is 41.9 Å². The van der Waals surface area contributed by atoms with Crippen molar-refractivity contribution in [3.63, 3.8) is 0 Å². The predicted molar refractivity (Wildman–Crippen MR) is 143 cm³/mol. The zero-order valence-electron chi connectivity index (χ0n) is 21.4. The van der Waals surface area contributed by atoms with Crippen molar-refractivity contribution in [1.29, 1.82) is 0 Å². The molecule has 2 aromatic rings. The lowest BCUT2D eigenvalue weighted by Crippen LogP contribution is -2.38. The summed E-state index contributed by atoms with van der Waals surface area (Å²) < 4.78 is 5.62. The van der Waals surface area contributed by atoms with Crippen LogP contribution in [0.1, 0.15) is 38.3 Å². The average Bonchev–Trinajstić information content (AvgIpc) is 2.93. The Kier molecular flexibility index (Phi) is 8.84. The maximum atomic E-state index is 12.9. The first-order valence-electron chi connectivity index (χ1n) is 12.0. The Labute approximate surface area is 214 Å². The van der Waals surface area contributed by atoms with Crippen molar-refractivity contribution in [2.75, 3.05) is 38.6 Å². The van der Waals surface area contributed by atoms with Crippen LogP contribution in [0, 0.1) is 0 Å². The highest BCUT2D eigenvalue weighted by Crippen LogP contribution is 2.37. The van der Waals surface area contributed by atoms with Gasteiger partial charge in [-0.05, 0) is 69.4 Å². The molecule has 0 saturated carbocycles. The Morgan fingerprint density at radius 1 is 1.06 bits per heavy atom. The quantitative estimate of drug-likeness (QED) is 0.450. The summed E-state index contributed by atoms with van der Waals surface area (Å²) in [4.78, 5) is 30.3. The average molecular weight is 498 g/mol. The largest absolute Gasteiger partial charge is 0.444 e. The van der Waals surface area contributed by atoms with E-state index in [4.69, 9.17) is 16.3 Å². The van der Waals surface area contributed by atoms with Crippen molar-refractivity contribution in [3.8, 4) is 0 Å². The number of carbonyl (C=O) groups excluding carboxylic acids is 2. The van der Waals surface area contributed by atoms with Crippen molar-refractivity contribution in [1.82, 2.24) is 9.80 Å². The van der Waals surface area contributed by atoms with Crippen molar-refractivity contribution in [3.05, 3.63) is 70.8 Å². The Morgan fingerprint density at radius 3 is 2.43 bits per heavy atom. The summed E-state index contributed by atoms with van der Waals surface area (Å²) in [5.74, 6) is -0.121. The molecule has 1 aliphatic heterocycles. The van der Waals surface area contributed by atoms with Crippen LogP contribution >= 0.6 is 11.6 Å². The van der Waals surface area contributed by atoms with Crippen molar-refractivity contribution in [2.24, 2.45) is 0 Å². The number of hydrogen-bond donors (Lipinski definition) is 0. The molecule has 0 bridgehead atoms. The second-order valence-corrected chi connectivity index (χ2v) is 10.4. The van der Waals surface area contributed by atoms with E-state index in [9.17, 15) is 9.59 Å². The molecular weight excluding hydrogens is 462 g/mol. The molecule has 0 fully saturated rings. The third-order valence-electron chi connectivity index (χ3n) is 5.77. The number of ether oxygens (including phenoxy) is 1. The van der Waals surface area contributed by atoms with Gasteiger partial charge in [-0.2, -0.15) is 0 Å². The van der Waals surface area contributed by atoms with E-state index < -0.39 is 5.60 Å². The zero-order chi connectivity index (χ0) is 25.6. The van der Waals surface area contributed by atoms with E-state index in [1.54, 1.807) is 25.1 Å². The van der Waals surface area contributed by atoms with Crippen LogP contribution in [-0.2, 0) is 22.4 Å². The molecule has 1 heterocycles. The minimum atomic E-state index is -0.599. The van der Waals surface area contributed by atoms with E-state index in [1.807, 2.05) is 32.9 Å². The number of carbonyl (C=O) groups is 2. The molecule has 0 aromatic heterocycles. The maximum Gasteiger partial charge on any atom is 0.410 e. The number of hydrogen-bond acceptors (Lipinski definition) is 4. The fourth-order valence-corrected chi connectivity index (χ4v) is 4.22. The van der Waals surface area contributed by atoms with Crippen LogP contribution in [0.2, 0.25) is 5.02 Å². The fourth-order valence-electron chi connectivity index (χ4n) is 4.06. The minimum Gasteiger partial charge on any atom is -0.444 e. The Morgan fingerprint density at radius 2 is 1.74 bits per heavy atom. The van der Waals surface area contributed by atoms with Gasteiger partial charge in [-0.3, -0.25) is 4.79 Å². The fraction of sp³-hybridized carbons (Fsp3) is 0.429. The summed E-state index contributed by atoms with van der Waals surface area (Å²) in [7, 11) is 3.39. The molecule has 2 amide bonds. The molecule has 0 saturated heterocycles. The Balaban J connectivity index is 1.78. The third-order valence-corrected chi connectivity index (χ3v) is 6.01. The number of amides is 2. The highest BCUT2D eigenvalue weighted by atomic mass is 35.5. The summed E-state index contributed by atoms with van der Waals surface area (Å²) in [5.41, 5.74) is 4.25. The number of aryl methyl sites for hydroxylation is 2. The van der Waals surface area contributed by atoms with Crippen LogP contribution in [0.3, 0.4) is 0 Å². The second-order valence-electron chi connectivity index (χ2n) is 9.97. The molecule has 0 radical (unpaired) electrons.